The number of hydrogen-bond donors (Lipinski definition) is 1. The van der Waals surface area contributed by atoms with Crippen molar-refractivity contribution in [1.29, 1.82) is 0 Å². The number of carbonyl (C=O) groups excluding carboxylic acids is 2. The van der Waals surface area contributed by atoms with Gasteiger partial charge in [0.2, 0.25) is 11.8 Å². The van der Waals surface area contributed by atoms with E-state index < -0.39 is 28.5 Å². The Hall–Kier alpha value is -3.36. The van der Waals surface area contributed by atoms with E-state index in [1.807, 2.05) is 38.1 Å². The fourth-order valence-corrected chi connectivity index (χ4v) is 6.50. The van der Waals surface area contributed by atoms with Crippen LogP contribution in [0.15, 0.2) is 77.7 Å². The number of nitrogens with one attached hydrogen (secondary N) is 1. The van der Waals surface area contributed by atoms with Gasteiger partial charge in [-0.25, -0.2) is 8.42 Å². The zero-order chi connectivity index (χ0) is 28.9. The molecule has 0 radical (unpaired) electrons. The highest BCUT2D eigenvalue weighted by molar-refractivity contribution is 7.92. The van der Waals surface area contributed by atoms with E-state index >= 15 is 0 Å². The van der Waals surface area contributed by atoms with Crippen molar-refractivity contribution in [3.8, 4) is 0 Å². The van der Waals surface area contributed by atoms with Crippen LogP contribution in [0.4, 0.5) is 5.69 Å². The number of halogens is 1. The largest absolute Gasteiger partial charge is 0.352 e. The summed E-state index contributed by atoms with van der Waals surface area (Å²) in [7, 11) is -4.13. The number of rotatable bonds is 10. The number of hydrogen-bond acceptors (Lipinski definition) is 4. The lowest BCUT2D eigenvalue weighted by molar-refractivity contribution is -0.139. The predicted octanol–water partition coefficient (Wildman–Crippen LogP) is 5.63. The van der Waals surface area contributed by atoms with Gasteiger partial charge in [0.05, 0.1) is 10.6 Å². The van der Waals surface area contributed by atoms with Crippen molar-refractivity contribution in [2.24, 2.45) is 0 Å². The second-order valence-electron chi connectivity index (χ2n) is 10.5. The number of nitrogens with zero attached hydrogens (tertiary/aromatic N) is 2. The summed E-state index contributed by atoms with van der Waals surface area (Å²) in [5.41, 5.74) is 3.19. The van der Waals surface area contributed by atoms with Gasteiger partial charge in [-0.2, -0.15) is 0 Å². The minimum absolute atomic E-state index is 0.0162. The number of amides is 2. The molecule has 0 spiro atoms. The van der Waals surface area contributed by atoms with E-state index in [4.69, 9.17) is 11.6 Å². The van der Waals surface area contributed by atoms with Gasteiger partial charge in [-0.05, 0) is 75.6 Å². The molecule has 2 amide bonds. The summed E-state index contributed by atoms with van der Waals surface area (Å²) in [5.74, 6) is -0.718. The molecule has 7 nitrogen and oxygen atoms in total. The zero-order valence-corrected chi connectivity index (χ0v) is 24.7. The Labute approximate surface area is 242 Å². The number of carbonyl (C=O) groups is 2. The van der Waals surface area contributed by atoms with E-state index in [0.717, 1.165) is 46.7 Å². The molecule has 0 unspecified atom stereocenters. The van der Waals surface area contributed by atoms with Crippen molar-refractivity contribution in [3.05, 3.63) is 94.5 Å². The minimum Gasteiger partial charge on any atom is -0.352 e. The average molecular weight is 582 g/mol. The van der Waals surface area contributed by atoms with Gasteiger partial charge in [0.15, 0.2) is 0 Å². The van der Waals surface area contributed by atoms with Crippen molar-refractivity contribution in [1.82, 2.24) is 10.2 Å². The van der Waals surface area contributed by atoms with Gasteiger partial charge in [0.1, 0.15) is 12.6 Å². The van der Waals surface area contributed by atoms with Crippen LogP contribution >= 0.6 is 11.6 Å². The predicted molar refractivity (Wildman–Crippen MR) is 159 cm³/mol. The molecule has 1 N–H and O–H groups in total. The Kier molecular flexibility index (Phi) is 9.53. The Bertz CT molecular complexity index is 1440. The molecule has 1 aliphatic rings. The van der Waals surface area contributed by atoms with Crippen LogP contribution in [0, 0.1) is 13.8 Å². The van der Waals surface area contributed by atoms with E-state index in [2.05, 4.69) is 5.32 Å². The zero-order valence-electron chi connectivity index (χ0n) is 23.1. The Morgan fingerprint density at radius 3 is 2.23 bits per heavy atom. The molecule has 0 bridgehead atoms. The summed E-state index contributed by atoms with van der Waals surface area (Å²) in [5, 5.41) is 3.49. The van der Waals surface area contributed by atoms with Gasteiger partial charge in [-0.1, -0.05) is 72.0 Å². The number of anilines is 1. The van der Waals surface area contributed by atoms with Crippen molar-refractivity contribution in [2.45, 2.75) is 70.0 Å². The van der Waals surface area contributed by atoms with Crippen molar-refractivity contribution in [3.63, 3.8) is 0 Å². The molecular weight excluding hydrogens is 546 g/mol. The summed E-state index contributed by atoms with van der Waals surface area (Å²) >= 11 is 6.01. The second-order valence-corrected chi connectivity index (χ2v) is 12.8. The first kappa shape index (κ1) is 29.6. The van der Waals surface area contributed by atoms with Gasteiger partial charge in [-0.15, -0.1) is 0 Å². The molecule has 1 saturated carbocycles. The highest BCUT2D eigenvalue weighted by Gasteiger charge is 2.33. The van der Waals surface area contributed by atoms with Crippen LogP contribution in [0.3, 0.4) is 0 Å². The van der Waals surface area contributed by atoms with Crippen LogP contribution in [0.5, 0.6) is 0 Å². The molecule has 3 aromatic carbocycles. The van der Waals surface area contributed by atoms with Gasteiger partial charge < -0.3 is 10.2 Å². The molecule has 4 rings (SSSR count). The maximum absolute atomic E-state index is 14.0. The first-order valence-electron chi connectivity index (χ1n) is 13.5. The molecule has 0 aliphatic heterocycles. The van der Waals surface area contributed by atoms with E-state index in [9.17, 15) is 18.0 Å². The van der Waals surface area contributed by atoms with E-state index in [1.54, 1.807) is 31.2 Å². The van der Waals surface area contributed by atoms with Crippen LogP contribution < -0.4 is 9.62 Å². The van der Waals surface area contributed by atoms with Crippen LogP contribution in [0.25, 0.3) is 0 Å². The van der Waals surface area contributed by atoms with E-state index in [0.29, 0.717) is 10.7 Å². The molecule has 1 atom stereocenters. The molecule has 0 heterocycles. The monoisotopic (exact) mass is 581 g/mol. The highest BCUT2D eigenvalue weighted by atomic mass is 35.5. The maximum Gasteiger partial charge on any atom is 0.264 e. The van der Waals surface area contributed by atoms with Gasteiger partial charge in [0, 0.05) is 17.6 Å². The lowest BCUT2D eigenvalue weighted by Crippen LogP contribution is -2.52. The quantitative estimate of drug-likeness (QED) is 0.336. The summed E-state index contributed by atoms with van der Waals surface area (Å²) in [4.78, 5) is 28.8. The number of aryl methyl sites for hydroxylation is 2. The third-order valence-electron chi connectivity index (χ3n) is 7.31. The lowest BCUT2D eigenvalue weighted by Gasteiger charge is -2.32. The van der Waals surface area contributed by atoms with Crippen molar-refractivity contribution in [2.75, 3.05) is 10.8 Å². The molecule has 40 heavy (non-hydrogen) atoms. The van der Waals surface area contributed by atoms with Crippen LogP contribution in [0.2, 0.25) is 5.02 Å². The van der Waals surface area contributed by atoms with Crippen molar-refractivity contribution >= 4 is 39.1 Å². The minimum atomic E-state index is -4.13. The molecule has 0 saturated heterocycles. The molecule has 3 aromatic rings. The second kappa shape index (κ2) is 12.9. The highest BCUT2D eigenvalue weighted by Crippen LogP contribution is 2.26. The molecular formula is C31H36ClN3O4S. The van der Waals surface area contributed by atoms with Crippen LogP contribution in [-0.2, 0) is 26.2 Å². The smallest absolute Gasteiger partial charge is 0.264 e. The van der Waals surface area contributed by atoms with Gasteiger partial charge in [-0.3, -0.25) is 13.9 Å². The van der Waals surface area contributed by atoms with E-state index in [-0.39, 0.29) is 23.4 Å². The third kappa shape index (κ3) is 7.23. The van der Waals surface area contributed by atoms with Crippen molar-refractivity contribution < 1.29 is 18.0 Å². The molecule has 1 aliphatic carbocycles. The topological polar surface area (TPSA) is 86.8 Å². The Morgan fingerprint density at radius 2 is 1.60 bits per heavy atom. The molecule has 212 valence electrons. The fourth-order valence-electron chi connectivity index (χ4n) is 4.96. The van der Waals surface area contributed by atoms with Crippen LogP contribution in [-0.4, -0.2) is 43.8 Å². The average Bonchev–Trinajstić information content (AvgIpc) is 3.44. The van der Waals surface area contributed by atoms with E-state index in [1.165, 1.54) is 29.2 Å². The van der Waals surface area contributed by atoms with Gasteiger partial charge >= 0.3 is 0 Å². The first-order chi connectivity index (χ1) is 19.0. The van der Waals surface area contributed by atoms with Gasteiger partial charge in [0.25, 0.3) is 10.0 Å². The first-order valence-corrected chi connectivity index (χ1v) is 15.4. The fraction of sp³-hybridized carbons (Fsp3) is 0.355. The SMILES string of the molecule is Cc1ccc(N(CC(=O)N(Cc2cccc(C)c2)[C@H](C)C(=O)NC2CCCC2)S(=O)(=O)c2ccc(Cl)cc2)cc1. The standard InChI is InChI=1S/C31H36ClN3O4S/c1-22-11-15-28(16-12-22)35(40(38,39)29-17-13-26(32)14-18-29)21-30(36)34(20-25-8-6-7-23(2)19-25)24(3)31(37)33-27-9-4-5-10-27/h6-8,11-19,24,27H,4-5,9-10,20-21H2,1-3H3,(H,33,37)/t24-/m1/s1. The molecule has 1 fully saturated rings. The molecule has 9 heteroatoms. The maximum atomic E-state index is 14.0. The summed E-state index contributed by atoms with van der Waals surface area (Å²) in [6.07, 6.45) is 3.98. The summed E-state index contributed by atoms with van der Waals surface area (Å²) in [6, 6.07) is 19.8. The Balaban J connectivity index is 1.68. The summed E-state index contributed by atoms with van der Waals surface area (Å²) in [6.45, 7) is 5.26. The Morgan fingerprint density at radius 1 is 0.950 bits per heavy atom. The number of benzene rings is 3. The normalized spacial score (nSPS) is 14.5. The van der Waals surface area contributed by atoms with Crippen LogP contribution in [0.1, 0.15) is 49.3 Å². The lowest BCUT2D eigenvalue weighted by atomic mass is 10.1. The third-order valence-corrected chi connectivity index (χ3v) is 9.35. The number of sulfonamides is 1. The molecule has 0 aromatic heterocycles. The summed E-state index contributed by atoms with van der Waals surface area (Å²) < 4.78 is 28.8.